The van der Waals surface area contributed by atoms with E-state index in [2.05, 4.69) is 5.10 Å². The Morgan fingerprint density at radius 2 is 2.00 bits per heavy atom. The molecule has 3 rings (SSSR count). The molecule has 8 heteroatoms. The SMILES string of the molecule is NC/C(=C\F)Cn1ncn(Cc2ccc(-c3ccc(N)cc3)s2)c1=O. The maximum absolute atomic E-state index is 12.6. The summed E-state index contributed by atoms with van der Waals surface area (Å²) in [5.74, 6) is 0. The molecule has 130 valence electrons. The molecule has 0 aliphatic carbocycles. The van der Waals surface area contributed by atoms with E-state index in [1.54, 1.807) is 11.3 Å². The van der Waals surface area contributed by atoms with Crippen LogP contribution >= 0.6 is 11.3 Å². The Kier molecular flexibility index (Phi) is 5.11. The van der Waals surface area contributed by atoms with Crippen molar-refractivity contribution in [3.05, 3.63) is 70.0 Å². The van der Waals surface area contributed by atoms with Crippen molar-refractivity contribution in [2.75, 3.05) is 12.3 Å². The minimum absolute atomic E-state index is 0.0473. The van der Waals surface area contributed by atoms with Crippen LogP contribution in [-0.2, 0) is 13.1 Å². The average molecular weight is 359 g/mol. The highest BCUT2D eigenvalue weighted by Gasteiger charge is 2.09. The molecular weight excluding hydrogens is 341 g/mol. The summed E-state index contributed by atoms with van der Waals surface area (Å²) in [6.07, 6.45) is 1.88. The number of hydrogen-bond donors (Lipinski definition) is 2. The summed E-state index contributed by atoms with van der Waals surface area (Å²) in [6.45, 7) is 0.515. The minimum Gasteiger partial charge on any atom is -0.399 e. The molecule has 2 heterocycles. The van der Waals surface area contributed by atoms with Crippen molar-refractivity contribution in [3.8, 4) is 10.4 Å². The van der Waals surface area contributed by atoms with Crippen molar-refractivity contribution in [3.63, 3.8) is 0 Å². The van der Waals surface area contributed by atoms with Gasteiger partial charge < -0.3 is 11.5 Å². The molecule has 0 aliphatic heterocycles. The van der Waals surface area contributed by atoms with Crippen LogP contribution in [0, 0.1) is 0 Å². The molecular formula is C17H18FN5OS. The van der Waals surface area contributed by atoms with Crippen molar-refractivity contribution in [1.29, 1.82) is 0 Å². The minimum atomic E-state index is -0.296. The predicted octanol–water partition coefficient (Wildman–Crippen LogP) is 2.22. The lowest BCUT2D eigenvalue weighted by molar-refractivity contribution is 0.604. The van der Waals surface area contributed by atoms with Crippen LogP contribution in [0.3, 0.4) is 0 Å². The molecule has 0 radical (unpaired) electrons. The molecule has 25 heavy (non-hydrogen) atoms. The molecule has 4 N–H and O–H groups in total. The van der Waals surface area contributed by atoms with Gasteiger partial charge in [0, 0.05) is 22.0 Å². The number of halogens is 1. The number of nitrogen functional groups attached to an aromatic ring is 1. The highest BCUT2D eigenvalue weighted by molar-refractivity contribution is 7.15. The van der Waals surface area contributed by atoms with Gasteiger partial charge in [0.05, 0.1) is 19.4 Å². The number of anilines is 1. The van der Waals surface area contributed by atoms with Crippen LogP contribution in [0.25, 0.3) is 10.4 Å². The fourth-order valence-electron chi connectivity index (χ4n) is 2.36. The molecule has 2 aromatic heterocycles. The number of thiophene rings is 1. The van der Waals surface area contributed by atoms with Crippen molar-refractivity contribution in [2.45, 2.75) is 13.1 Å². The Morgan fingerprint density at radius 3 is 2.68 bits per heavy atom. The van der Waals surface area contributed by atoms with E-state index in [0.29, 0.717) is 18.4 Å². The molecule has 0 spiro atoms. The van der Waals surface area contributed by atoms with Gasteiger partial charge in [-0.25, -0.2) is 13.9 Å². The van der Waals surface area contributed by atoms with Crippen LogP contribution in [-0.4, -0.2) is 20.9 Å². The van der Waals surface area contributed by atoms with Crippen LogP contribution < -0.4 is 17.2 Å². The predicted molar refractivity (Wildman–Crippen MR) is 98.0 cm³/mol. The van der Waals surface area contributed by atoms with E-state index in [1.807, 2.05) is 36.4 Å². The van der Waals surface area contributed by atoms with E-state index in [9.17, 15) is 9.18 Å². The molecule has 0 aliphatic rings. The van der Waals surface area contributed by atoms with Gasteiger partial charge in [0.1, 0.15) is 6.33 Å². The Morgan fingerprint density at radius 1 is 1.24 bits per heavy atom. The zero-order valence-electron chi connectivity index (χ0n) is 13.4. The number of benzene rings is 1. The first-order valence-corrected chi connectivity index (χ1v) is 8.47. The van der Waals surface area contributed by atoms with Crippen molar-refractivity contribution in [2.24, 2.45) is 5.73 Å². The molecule has 0 atom stereocenters. The van der Waals surface area contributed by atoms with Crippen molar-refractivity contribution >= 4 is 17.0 Å². The van der Waals surface area contributed by atoms with E-state index in [-0.39, 0.29) is 18.8 Å². The maximum atomic E-state index is 12.6. The standard InChI is InChI=1S/C17H18FN5OS/c18-7-12(8-19)9-23-17(24)22(11-21-23)10-15-5-6-16(25-15)13-1-3-14(20)4-2-13/h1-7,11H,8-10,19-20H2/b12-7+. The molecule has 0 fully saturated rings. The number of rotatable bonds is 6. The average Bonchev–Trinajstić information content (AvgIpc) is 3.22. The van der Waals surface area contributed by atoms with Gasteiger partial charge in [-0.15, -0.1) is 11.3 Å². The molecule has 0 amide bonds. The Balaban J connectivity index is 1.76. The van der Waals surface area contributed by atoms with E-state index >= 15 is 0 Å². The number of aromatic nitrogens is 3. The number of nitrogens with two attached hydrogens (primary N) is 2. The van der Waals surface area contributed by atoms with E-state index in [0.717, 1.165) is 21.0 Å². The second-order valence-corrected chi connectivity index (χ2v) is 6.73. The third-order valence-electron chi connectivity index (χ3n) is 3.75. The first-order chi connectivity index (χ1) is 12.1. The zero-order chi connectivity index (χ0) is 17.8. The maximum Gasteiger partial charge on any atom is 0.346 e. The van der Waals surface area contributed by atoms with Gasteiger partial charge >= 0.3 is 5.69 Å². The van der Waals surface area contributed by atoms with E-state index in [1.165, 1.54) is 15.6 Å². The summed E-state index contributed by atoms with van der Waals surface area (Å²) < 4.78 is 15.3. The Hall–Kier alpha value is -2.71. The fourth-order valence-corrected chi connectivity index (χ4v) is 3.37. The van der Waals surface area contributed by atoms with Crippen molar-refractivity contribution < 1.29 is 4.39 Å². The van der Waals surface area contributed by atoms with Gasteiger partial charge in [-0.2, -0.15) is 5.10 Å². The first kappa shape index (κ1) is 17.1. The van der Waals surface area contributed by atoms with Crippen molar-refractivity contribution in [1.82, 2.24) is 14.3 Å². The van der Waals surface area contributed by atoms with Gasteiger partial charge in [-0.3, -0.25) is 4.57 Å². The molecule has 0 saturated heterocycles. The van der Waals surface area contributed by atoms with E-state index < -0.39 is 0 Å². The quantitative estimate of drug-likeness (QED) is 0.660. The summed E-state index contributed by atoms with van der Waals surface area (Å²) in [7, 11) is 0. The second-order valence-electron chi connectivity index (χ2n) is 5.56. The lowest BCUT2D eigenvalue weighted by Crippen LogP contribution is -2.26. The van der Waals surface area contributed by atoms with Gasteiger partial charge in [0.25, 0.3) is 0 Å². The van der Waals surface area contributed by atoms with Crippen LogP contribution in [0.15, 0.2) is 59.4 Å². The van der Waals surface area contributed by atoms with E-state index in [4.69, 9.17) is 11.5 Å². The number of nitrogens with zero attached hydrogens (tertiary/aromatic N) is 3. The summed E-state index contributed by atoms with van der Waals surface area (Å²) in [6, 6.07) is 11.6. The zero-order valence-corrected chi connectivity index (χ0v) is 14.2. The Labute approximate surface area is 147 Å². The smallest absolute Gasteiger partial charge is 0.346 e. The second kappa shape index (κ2) is 7.45. The highest BCUT2D eigenvalue weighted by Crippen LogP contribution is 2.28. The fraction of sp³-hybridized carbons (Fsp3) is 0.176. The third-order valence-corrected chi connectivity index (χ3v) is 4.87. The monoisotopic (exact) mass is 359 g/mol. The Bertz CT molecular complexity index is 939. The molecule has 0 saturated carbocycles. The van der Waals surface area contributed by atoms with Gasteiger partial charge in [0.2, 0.25) is 0 Å². The molecule has 0 bridgehead atoms. The summed E-state index contributed by atoms with van der Waals surface area (Å²) >= 11 is 1.60. The largest absolute Gasteiger partial charge is 0.399 e. The summed E-state index contributed by atoms with van der Waals surface area (Å²) in [5.41, 5.74) is 12.9. The molecule has 0 unspecified atom stereocenters. The third kappa shape index (κ3) is 3.86. The number of hydrogen-bond acceptors (Lipinski definition) is 5. The van der Waals surface area contributed by atoms with Crippen LogP contribution in [0.4, 0.5) is 10.1 Å². The molecule has 3 aromatic rings. The summed E-state index contributed by atoms with van der Waals surface area (Å²) in [5, 5.41) is 4.02. The lowest BCUT2D eigenvalue weighted by atomic mass is 10.2. The highest BCUT2D eigenvalue weighted by atomic mass is 32.1. The molecule has 6 nitrogen and oxygen atoms in total. The van der Waals surface area contributed by atoms with Crippen LogP contribution in [0.2, 0.25) is 0 Å². The molecule has 1 aromatic carbocycles. The lowest BCUT2D eigenvalue weighted by Gasteiger charge is -2.01. The first-order valence-electron chi connectivity index (χ1n) is 7.65. The topological polar surface area (TPSA) is 91.9 Å². The van der Waals surface area contributed by atoms with Gasteiger partial charge in [0.15, 0.2) is 0 Å². The normalized spacial score (nSPS) is 11.8. The summed E-state index contributed by atoms with van der Waals surface area (Å²) in [4.78, 5) is 14.4. The van der Waals surface area contributed by atoms with Crippen LogP contribution in [0.5, 0.6) is 0 Å². The van der Waals surface area contributed by atoms with Crippen LogP contribution in [0.1, 0.15) is 4.88 Å². The van der Waals surface area contributed by atoms with Gasteiger partial charge in [-0.05, 0) is 35.4 Å². The van der Waals surface area contributed by atoms with Gasteiger partial charge in [-0.1, -0.05) is 12.1 Å².